The molecule has 1 aliphatic rings. The monoisotopic (exact) mass is 245 g/mol. The molecule has 0 atom stereocenters. The minimum atomic E-state index is 0.587. The van der Waals surface area contributed by atoms with Crippen molar-refractivity contribution in [2.24, 2.45) is 0 Å². The highest BCUT2D eigenvalue weighted by Crippen LogP contribution is 2.31. The van der Waals surface area contributed by atoms with Crippen LogP contribution in [-0.4, -0.2) is 21.6 Å². The minimum absolute atomic E-state index is 0.587. The van der Waals surface area contributed by atoms with Gasteiger partial charge in [-0.3, -0.25) is 0 Å². The predicted molar refractivity (Wildman–Crippen MR) is 70.9 cm³/mol. The molecule has 4 nitrogen and oxygen atoms in total. The molecule has 0 spiro atoms. The highest BCUT2D eigenvalue weighted by Gasteiger charge is 2.19. The van der Waals surface area contributed by atoms with Gasteiger partial charge in [0.1, 0.15) is 5.82 Å². The summed E-state index contributed by atoms with van der Waals surface area (Å²) in [6.45, 7) is 2.60. The predicted octanol–water partition coefficient (Wildman–Crippen LogP) is 3.40. The molecule has 3 rings (SSSR count). The van der Waals surface area contributed by atoms with Crippen LogP contribution in [0.2, 0.25) is 0 Å². The van der Waals surface area contributed by atoms with Crippen LogP contribution in [0.1, 0.15) is 50.8 Å². The zero-order chi connectivity index (χ0) is 12.4. The van der Waals surface area contributed by atoms with Crippen LogP contribution in [0.5, 0.6) is 5.88 Å². The molecule has 96 valence electrons. The zero-order valence-corrected chi connectivity index (χ0v) is 10.8. The summed E-state index contributed by atoms with van der Waals surface area (Å²) in [5, 5.41) is 0. The van der Waals surface area contributed by atoms with Crippen molar-refractivity contribution in [1.29, 1.82) is 0 Å². The number of H-pyrrole nitrogens is 1. The van der Waals surface area contributed by atoms with Gasteiger partial charge in [0.05, 0.1) is 12.1 Å². The molecule has 2 aromatic heterocycles. The fourth-order valence-electron chi connectivity index (χ4n) is 2.69. The van der Waals surface area contributed by atoms with Crippen molar-refractivity contribution in [3.8, 4) is 5.88 Å². The summed E-state index contributed by atoms with van der Waals surface area (Å²) in [5.41, 5.74) is 1.79. The number of hydrogen-bond acceptors (Lipinski definition) is 3. The van der Waals surface area contributed by atoms with Gasteiger partial charge in [0.15, 0.2) is 5.65 Å². The van der Waals surface area contributed by atoms with E-state index in [0.717, 1.165) is 17.0 Å². The Labute approximate surface area is 107 Å². The number of rotatable bonds is 3. The first kappa shape index (κ1) is 11.5. The molecule has 0 radical (unpaired) electrons. The summed E-state index contributed by atoms with van der Waals surface area (Å²) in [6.07, 6.45) is 6.50. The number of nitrogens with zero attached hydrogens (tertiary/aromatic N) is 2. The highest BCUT2D eigenvalue weighted by molar-refractivity contribution is 5.71. The van der Waals surface area contributed by atoms with Gasteiger partial charge in [0.2, 0.25) is 5.88 Å². The van der Waals surface area contributed by atoms with Crippen LogP contribution in [0, 0.1) is 0 Å². The van der Waals surface area contributed by atoms with Crippen LogP contribution >= 0.6 is 0 Å². The van der Waals surface area contributed by atoms with Crippen LogP contribution in [0.4, 0.5) is 0 Å². The normalized spacial score (nSPS) is 17.2. The molecule has 0 unspecified atom stereocenters. The molecule has 2 heterocycles. The first-order valence-electron chi connectivity index (χ1n) is 6.86. The van der Waals surface area contributed by atoms with Crippen molar-refractivity contribution < 1.29 is 4.74 Å². The Bertz CT molecular complexity index is 529. The maximum Gasteiger partial charge on any atom is 0.215 e. The molecule has 0 amide bonds. The lowest BCUT2D eigenvalue weighted by Gasteiger charge is -2.18. The number of imidazole rings is 1. The molecule has 18 heavy (non-hydrogen) atoms. The van der Waals surface area contributed by atoms with Gasteiger partial charge >= 0.3 is 0 Å². The van der Waals surface area contributed by atoms with Crippen molar-refractivity contribution in [3.05, 3.63) is 18.0 Å². The summed E-state index contributed by atoms with van der Waals surface area (Å²) < 4.78 is 5.40. The van der Waals surface area contributed by atoms with Crippen molar-refractivity contribution in [1.82, 2.24) is 15.0 Å². The van der Waals surface area contributed by atoms with Crippen molar-refractivity contribution >= 4 is 11.2 Å². The van der Waals surface area contributed by atoms with Crippen LogP contribution in [0.25, 0.3) is 11.2 Å². The van der Waals surface area contributed by atoms with Crippen molar-refractivity contribution in [3.63, 3.8) is 0 Å². The molecule has 1 aliphatic carbocycles. The number of fused-ring (bicyclic) bond motifs is 1. The lowest BCUT2D eigenvalue weighted by atomic mass is 9.89. The Morgan fingerprint density at radius 1 is 1.22 bits per heavy atom. The Hall–Kier alpha value is -1.58. The van der Waals surface area contributed by atoms with Crippen LogP contribution in [-0.2, 0) is 0 Å². The molecule has 2 aromatic rings. The summed E-state index contributed by atoms with van der Waals surface area (Å²) >= 11 is 0. The van der Waals surface area contributed by atoms with Gasteiger partial charge in [-0.2, -0.15) is 4.98 Å². The van der Waals surface area contributed by atoms with Crippen molar-refractivity contribution in [2.45, 2.75) is 44.9 Å². The molecule has 1 fully saturated rings. The van der Waals surface area contributed by atoms with Gasteiger partial charge < -0.3 is 9.72 Å². The number of pyridine rings is 1. The second-order valence-electron chi connectivity index (χ2n) is 4.91. The summed E-state index contributed by atoms with van der Waals surface area (Å²) in [6, 6.07) is 3.90. The highest BCUT2D eigenvalue weighted by atomic mass is 16.5. The maximum absolute atomic E-state index is 5.40. The number of nitrogens with one attached hydrogen (secondary N) is 1. The summed E-state index contributed by atoms with van der Waals surface area (Å²) in [7, 11) is 0. The molecule has 0 aromatic carbocycles. The zero-order valence-electron chi connectivity index (χ0n) is 10.8. The van der Waals surface area contributed by atoms with E-state index in [9.17, 15) is 0 Å². The smallest absolute Gasteiger partial charge is 0.215 e. The minimum Gasteiger partial charge on any atom is -0.478 e. The second-order valence-corrected chi connectivity index (χ2v) is 4.91. The maximum atomic E-state index is 5.40. The van der Waals surface area contributed by atoms with E-state index < -0.39 is 0 Å². The van der Waals surface area contributed by atoms with Crippen LogP contribution in [0.15, 0.2) is 12.1 Å². The molecule has 0 aliphatic heterocycles. The van der Waals surface area contributed by atoms with Gasteiger partial charge in [-0.15, -0.1) is 0 Å². The van der Waals surface area contributed by atoms with E-state index in [0.29, 0.717) is 18.4 Å². The molecule has 0 bridgehead atoms. The second kappa shape index (κ2) is 4.96. The standard InChI is InChI=1S/C14H19N3O/c1-2-18-12-9-8-11-14(16-12)17-13(15-11)10-6-4-3-5-7-10/h8-10H,2-7H2,1H3,(H,15,16,17). The average molecular weight is 245 g/mol. The number of aromatic amines is 1. The van der Waals surface area contributed by atoms with Crippen LogP contribution < -0.4 is 4.74 Å². The Morgan fingerprint density at radius 2 is 2.06 bits per heavy atom. The number of hydrogen-bond donors (Lipinski definition) is 1. The van der Waals surface area contributed by atoms with E-state index in [4.69, 9.17) is 4.74 Å². The third-order valence-electron chi connectivity index (χ3n) is 3.62. The fraction of sp³-hybridized carbons (Fsp3) is 0.571. The van der Waals surface area contributed by atoms with Gasteiger partial charge in [0.25, 0.3) is 0 Å². The molecule has 1 N–H and O–H groups in total. The van der Waals surface area contributed by atoms with E-state index in [1.807, 2.05) is 19.1 Å². The molecule has 4 heteroatoms. The lowest BCUT2D eigenvalue weighted by Crippen LogP contribution is -2.05. The largest absolute Gasteiger partial charge is 0.478 e. The Morgan fingerprint density at radius 3 is 2.83 bits per heavy atom. The van der Waals surface area contributed by atoms with E-state index in [1.165, 1.54) is 32.1 Å². The van der Waals surface area contributed by atoms with E-state index >= 15 is 0 Å². The number of ether oxygens (including phenoxy) is 1. The Kier molecular flexibility index (Phi) is 3.17. The molecular weight excluding hydrogens is 226 g/mol. The van der Waals surface area contributed by atoms with E-state index in [-0.39, 0.29) is 0 Å². The lowest BCUT2D eigenvalue weighted by molar-refractivity contribution is 0.328. The van der Waals surface area contributed by atoms with Gasteiger partial charge in [-0.1, -0.05) is 19.3 Å². The topological polar surface area (TPSA) is 50.8 Å². The van der Waals surface area contributed by atoms with E-state index in [1.54, 1.807) is 0 Å². The van der Waals surface area contributed by atoms with Gasteiger partial charge in [-0.25, -0.2) is 4.98 Å². The van der Waals surface area contributed by atoms with Gasteiger partial charge in [-0.05, 0) is 25.8 Å². The Balaban J connectivity index is 1.89. The van der Waals surface area contributed by atoms with Crippen molar-refractivity contribution in [2.75, 3.05) is 6.61 Å². The molecule has 1 saturated carbocycles. The molecular formula is C14H19N3O. The summed E-state index contributed by atoms with van der Waals surface area (Å²) in [4.78, 5) is 12.5. The molecule has 0 saturated heterocycles. The average Bonchev–Trinajstić information content (AvgIpc) is 2.83. The fourth-order valence-corrected chi connectivity index (χ4v) is 2.69. The summed E-state index contributed by atoms with van der Waals surface area (Å²) in [5.74, 6) is 2.35. The van der Waals surface area contributed by atoms with Crippen LogP contribution in [0.3, 0.4) is 0 Å². The quantitative estimate of drug-likeness (QED) is 0.901. The van der Waals surface area contributed by atoms with E-state index in [2.05, 4.69) is 15.0 Å². The first-order chi connectivity index (χ1) is 8.86. The third-order valence-corrected chi connectivity index (χ3v) is 3.62. The first-order valence-corrected chi connectivity index (χ1v) is 6.86. The number of aromatic nitrogens is 3. The van der Waals surface area contributed by atoms with Gasteiger partial charge in [0, 0.05) is 12.0 Å². The third kappa shape index (κ3) is 2.19. The SMILES string of the molecule is CCOc1ccc2[nH]c(C3CCCCC3)nc2n1.